The minimum Gasteiger partial charge on any atom is -0.309 e. The Hall–Kier alpha value is -1.72. The minimum atomic E-state index is -3.94. The van der Waals surface area contributed by atoms with Gasteiger partial charge in [-0.3, -0.25) is 4.72 Å². The van der Waals surface area contributed by atoms with Crippen molar-refractivity contribution in [3.63, 3.8) is 0 Å². The maximum absolute atomic E-state index is 14.0. The standard InChI is InChI=1S/C16H18FN3O4S2.ClH/c1-25(21,22)20-16-5-4-14(7-15(16)17)26(23,24)19-8-11-2-3-12-9-18-10-13(12)6-11;/h2-7,18-20H,8-10H2,1H3;1H. The molecule has 0 spiro atoms. The number of rotatable bonds is 6. The van der Waals surface area contributed by atoms with Crippen LogP contribution in [0.15, 0.2) is 41.3 Å². The molecule has 0 aliphatic carbocycles. The number of halogens is 2. The topological polar surface area (TPSA) is 104 Å². The molecule has 1 aliphatic rings. The van der Waals surface area contributed by atoms with Crippen LogP contribution in [-0.4, -0.2) is 23.1 Å². The predicted molar refractivity (Wildman–Crippen MR) is 103 cm³/mol. The van der Waals surface area contributed by atoms with Crippen molar-refractivity contribution in [1.29, 1.82) is 0 Å². The van der Waals surface area contributed by atoms with Crippen molar-refractivity contribution in [3.05, 3.63) is 58.9 Å². The van der Waals surface area contributed by atoms with Crippen molar-refractivity contribution in [3.8, 4) is 0 Å². The first kappa shape index (κ1) is 21.6. The SMILES string of the molecule is CS(=O)(=O)Nc1ccc(S(=O)(=O)NCc2ccc3c(c2)CNC3)cc1F.Cl. The third kappa shape index (κ3) is 5.39. The van der Waals surface area contributed by atoms with Crippen molar-refractivity contribution in [1.82, 2.24) is 10.0 Å². The summed E-state index contributed by atoms with van der Waals surface area (Å²) in [4.78, 5) is -0.281. The molecular weight excluding hydrogens is 417 g/mol. The van der Waals surface area contributed by atoms with E-state index in [2.05, 4.69) is 10.0 Å². The molecule has 11 heteroatoms. The van der Waals surface area contributed by atoms with E-state index in [1.165, 1.54) is 5.56 Å². The highest BCUT2D eigenvalue weighted by atomic mass is 35.5. The van der Waals surface area contributed by atoms with Gasteiger partial charge in [0.2, 0.25) is 20.0 Å². The summed E-state index contributed by atoms with van der Waals surface area (Å²) in [5.41, 5.74) is 2.81. The van der Waals surface area contributed by atoms with E-state index in [9.17, 15) is 21.2 Å². The minimum absolute atomic E-state index is 0. The Labute approximate surface area is 163 Å². The van der Waals surface area contributed by atoms with Gasteiger partial charge in [0.15, 0.2) is 0 Å². The van der Waals surface area contributed by atoms with Crippen molar-refractivity contribution in [2.24, 2.45) is 0 Å². The van der Waals surface area contributed by atoms with E-state index in [1.54, 1.807) is 0 Å². The molecule has 3 rings (SSSR count). The fourth-order valence-electron chi connectivity index (χ4n) is 2.67. The van der Waals surface area contributed by atoms with Crippen LogP contribution in [0.3, 0.4) is 0 Å². The van der Waals surface area contributed by atoms with E-state index in [4.69, 9.17) is 0 Å². The van der Waals surface area contributed by atoms with Crippen molar-refractivity contribution in [2.75, 3.05) is 11.0 Å². The van der Waals surface area contributed by atoms with E-state index in [1.807, 2.05) is 22.9 Å². The highest BCUT2D eigenvalue weighted by molar-refractivity contribution is 7.92. The molecule has 0 bridgehead atoms. The Kier molecular flexibility index (Phi) is 6.48. The molecule has 27 heavy (non-hydrogen) atoms. The molecule has 0 unspecified atom stereocenters. The second-order valence-electron chi connectivity index (χ2n) is 6.05. The average Bonchev–Trinajstić information content (AvgIpc) is 3.01. The number of nitrogens with one attached hydrogen (secondary N) is 3. The molecule has 7 nitrogen and oxygen atoms in total. The number of hydrogen-bond donors (Lipinski definition) is 3. The summed E-state index contributed by atoms with van der Waals surface area (Å²) in [5.74, 6) is -0.970. The van der Waals surface area contributed by atoms with Gasteiger partial charge in [0.25, 0.3) is 0 Å². The normalized spacial score (nSPS) is 13.7. The number of anilines is 1. The molecule has 0 radical (unpaired) electrons. The summed E-state index contributed by atoms with van der Waals surface area (Å²) in [5, 5.41) is 3.21. The molecule has 0 aromatic heterocycles. The second kappa shape index (κ2) is 8.11. The zero-order valence-corrected chi connectivity index (χ0v) is 16.8. The van der Waals surface area contributed by atoms with Crippen molar-refractivity contribution >= 4 is 38.1 Å². The van der Waals surface area contributed by atoms with E-state index < -0.39 is 25.9 Å². The van der Waals surface area contributed by atoms with Crippen molar-refractivity contribution < 1.29 is 21.2 Å². The van der Waals surface area contributed by atoms with Gasteiger partial charge in [-0.25, -0.2) is 25.9 Å². The van der Waals surface area contributed by atoms with Gasteiger partial charge in [-0.1, -0.05) is 18.2 Å². The molecule has 2 aromatic carbocycles. The highest BCUT2D eigenvalue weighted by Crippen LogP contribution is 2.21. The summed E-state index contributed by atoms with van der Waals surface area (Å²) >= 11 is 0. The molecule has 148 valence electrons. The van der Waals surface area contributed by atoms with Crippen molar-refractivity contribution in [2.45, 2.75) is 24.5 Å². The Morgan fingerprint density at radius 2 is 1.74 bits per heavy atom. The highest BCUT2D eigenvalue weighted by Gasteiger charge is 2.18. The number of hydrogen-bond acceptors (Lipinski definition) is 5. The summed E-state index contributed by atoms with van der Waals surface area (Å²) in [6.07, 6.45) is 0.880. The van der Waals surface area contributed by atoms with Gasteiger partial charge in [-0.05, 0) is 34.9 Å². The van der Waals surface area contributed by atoms with E-state index in [-0.39, 0.29) is 29.5 Å². The molecule has 0 fully saturated rings. The Morgan fingerprint density at radius 1 is 1.04 bits per heavy atom. The molecule has 1 heterocycles. The van der Waals surface area contributed by atoms with Gasteiger partial charge in [-0.15, -0.1) is 12.4 Å². The molecule has 0 amide bonds. The van der Waals surface area contributed by atoms with Gasteiger partial charge in [-0.2, -0.15) is 0 Å². The number of sulfonamides is 2. The molecule has 0 atom stereocenters. The molecular formula is C16H19ClFN3O4S2. The molecule has 0 saturated carbocycles. The maximum Gasteiger partial charge on any atom is 0.240 e. The van der Waals surface area contributed by atoms with E-state index >= 15 is 0 Å². The lowest BCUT2D eigenvalue weighted by Crippen LogP contribution is -2.23. The van der Waals surface area contributed by atoms with Crippen LogP contribution >= 0.6 is 12.4 Å². The van der Waals surface area contributed by atoms with E-state index in [0.29, 0.717) is 0 Å². The van der Waals surface area contributed by atoms with Crippen LogP contribution in [0.4, 0.5) is 10.1 Å². The fraction of sp³-hybridized carbons (Fsp3) is 0.250. The monoisotopic (exact) mass is 435 g/mol. The summed E-state index contributed by atoms with van der Waals surface area (Å²) < 4.78 is 65.5. The van der Waals surface area contributed by atoms with Crippen LogP contribution < -0.4 is 14.8 Å². The molecule has 2 aromatic rings. The van der Waals surface area contributed by atoms with Crippen LogP contribution in [0.5, 0.6) is 0 Å². The van der Waals surface area contributed by atoms with E-state index in [0.717, 1.165) is 48.7 Å². The molecule has 0 saturated heterocycles. The first-order valence-corrected chi connectivity index (χ1v) is 11.1. The third-order valence-corrected chi connectivity index (χ3v) is 5.90. The number of fused-ring (bicyclic) bond motifs is 1. The smallest absolute Gasteiger partial charge is 0.240 e. The van der Waals surface area contributed by atoms with Gasteiger partial charge in [0.1, 0.15) is 5.82 Å². The lowest BCUT2D eigenvalue weighted by molar-refractivity contribution is 0.578. The predicted octanol–water partition coefficient (Wildman–Crippen LogP) is 1.70. The molecule has 1 aliphatic heterocycles. The van der Waals surface area contributed by atoms with Crippen LogP contribution in [0.2, 0.25) is 0 Å². The van der Waals surface area contributed by atoms with Crippen LogP contribution in [-0.2, 0) is 39.7 Å². The lowest BCUT2D eigenvalue weighted by Gasteiger charge is -2.10. The summed E-state index contributed by atoms with van der Waals surface area (Å²) in [6.45, 7) is 1.62. The largest absolute Gasteiger partial charge is 0.309 e. The van der Waals surface area contributed by atoms with Crippen LogP contribution in [0.1, 0.15) is 16.7 Å². The second-order valence-corrected chi connectivity index (χ2v) is 9.56. The van der Waals surface area contributed by atoms with Gasteiger partial charge in [0.05, 0.1) is 16.8 Å². The Morgan fingerprint density at radius 3 is 2.41 bits per heavy atom. The quantitative estimate of drug-likeness (QED) is 0.640. The first-order chi connectivity index (χ1) is 12.1. The molecule has 3 N–H and O–H groups in total. The maximum atomic E-state index is 14.0. The van der Waals surface area contributed by atoms with Gasteiger partial charge >= 0.3 is 0 Å². The third-order valence-electron chi connectivity index (χ3n) is 3.91. The zero-order valence-electron chi connectivity index (χ0n) is 14.3. The fourth-order valence-corrected chi connectivity index (χ4v) is 4.26. The summed E-state index contributed by atoms with van der Waals surface area (Å²) in [6, 6.07) is 8.72. The van der Waals surface area contributed by atoms with Crippen LogP contribution in [0, 0.1) is 5.82 Å². The number of benzene rings is 2. The average molecular weight is 436 g/mol. The van der Waals surface area contributed by atoms with Crippen LogP contribution in [0.25, 0.3) is 0 Å². The lowest BCUT2D eigenvalue weighted by atomic mass is 10.1. The van der Waals surface area contributed by atoms with Gasteiger partial charge < -0.3 is 5.32 Å². The Balaban J connectivity index is 0.00000261. The first-order valence-electron chi connectivity index (χ1n) is 7.72. The Bertz CT molecular complexity index is 1060. The summed E-state index contributed by atoms with van der Waals surface area (Å²) in [7, 11) is -7.60. The zero-order chi connectivity index (χ0) is 18.9. The van der Waals surface area contributed by atoms with Gasteiger partial charge in [0, 0.05) is 19.6 Å².